The molecule has 0 aromatic carbocycles. The van der Waals surface area contributed by atoms with Crippen LogP contribution in [-0.2, 0) is 14.3 Å². The predicted octanol–water partition coefficient (Wildman–Crippen LogP) is 0.727. The zero-order valence-electron chi connectivity index (χ0n) is 6.29. The Morgan fingerprint density at radius 3 is 2.90 bits per heavy atom. The van der Waals surface area contributed by atoms with E-state index in [0.717, 1.165) is 0 Å². The van der Waals surface area contributed by atoms with Crippen LogP contribution in [0.4, 0.5) is 0 Å². The van der Waals surface area contributed by atoms with E-state index in [2.05, 4.69) is 0 Å². The minimum Gasteiger partial charge on any atom is -0.460 e. The summed E-state index contributed by atoms with van der Waals surface area (Å²) in [5.41, 5.74) is 0. The Labute approximate surface area is 60.3 Å². The summed E-state index contributed by atoms with van der Waals surface area (Å²) in [6.45, 7) is 4.41. The predicted molar refractivity (Wildman–Crippen MR) is 35.6 cm³/mol. The second-order valence-electron chi connectivity index (χ2n) is 2.39. The molecule has 10 heavy (non-hydrogen) atoms. The third kappa shape index (κ3) is 1.48. The average Bonchev–Trinajstić information content (AvgIpc) is 2.13. The summed E-state index contributed by atoms with van der Waals surface area (Å²) in [5, 5.41) is 0. The van der Waals surface area contributed by atoms with Crippen LogP contribution in [0.3, 0.4) is 0 Å². The molecular weight excluding hydrogens is 132 g/mol. The van der Waals surface area contributed by atoms with Crippen LogP contribution in [0.1, 0.15) is 20.3 Å². The molecule has 1 fully saturated rings. The van der Waals surface area contributed by atoms with Gasteiger partial charge in [0.2, 0.25) is 0 Å². The van der Waals surface area contributed by atoms with Crippen LogP contribution in [0.25, 0.3) is 0 Å². The number of carbonyl (C=O) groups is 1. The quantitative estimate of drug-likeness (QED) is 0.536. The minimum atomic E-state index is -0.147. The van der Waals surface area contributed by atoms with E-state index in [1.165, 1.54) is 0 Å². The van der Waals surface area contributed by atoms with Crippen LogP contribution in [0.2, 0.25) is 0 Å². The first-order chi connectivity index (χ1) is 4.74. The first kappa shape index (κ1) is 7.54. The molecule has 1 aliphatic rings. The highest BCUT2D eigenvalue weighted by Gasteiger charge is 2.31. The van der Waals surface area contributed by atoms with Crippen molar-refractivity contribution in [1.29, 1.82) is 0 Å². The lowest BCUT2D eigenvalue weighted by Crippen LogP contribution is -2.20. The molecule has 3 nitrogen and oxygen atoms in total. The fourth-order valence-electron chi connectivity index (χ4n) is 1.07. The maximum Gasteiger partial charge on any atom is 0.308 e. The van der Waals surface area contributed by atoms with Crippen molar-refractivity contribution in [1.82, 2.24) is 0 Å². The number of ether oxygens (including phenoxy) is 2. The smallest absolute Gasteiger partial charge is 0.308 e. The Bertz CT molecular complexity index is 133. The van der Waals surface area contributed by atoms with E-state index >= 15 is 0 Å². The van der Waals surface area contributed by atoms with E-state index in [1.807, 2.05) is 13.8 Å². The highest BCUT2D eigenvalue weighted by atomic mass is 16.6. The monoisotopic (exact) mass is 144 g/mol. The Balaban J connectivity index is 2.38. The second kappa shape index (κ2) is 3.01. The van der Waals surface area contributed by atoms with E-state index in [-0.39, 0.29) is 18.2 Å². The van der Waals surface area contributed by atoms with Gasteiger partial charge < -0.3 is 9.47 Å². The molecule has 0 saturated carbocycles. The molecule has 1 heterocycles. The Morgan fingerprint density at radius 2 is 2.50 bits per heavy atom. The van der Waals surface area contributed by atoms with Crippen molar-refractivity contribution in [3.8, 4) is 0 Å². The Morgan fingerprint density at radius 1 is 1.80 bits per heavy atom. The lowest BCUT2D eigenvalue weighted by molar-refractivity contribution is -0.141. The molecule has 1 saturated heterocycles. The van der Waals surface area contributed by atoms with Gasteiger partial charge in [0.15, 0.2) is 0 Å². The lowest BCUT2D eigenvalue weighted by Gasteiger charge is -2.11. The third-order valence-corrected chi connectivity index (χ3v) is 1.59. The summed E-state index contributed by atoms with van der Waals surface area (Å²) < 4.78 is 10.1. The topological polar surface area (TPSA) is 35.5 Å². The summed E-state index contributed by atoms with van der Waals surface area (Å²) in [7, 11) is 0. The van der Waals surface area contributed by atoms with Crippen molar-refractivity contribution < 1.29 is 14.3 Å². The van der Waals surface area contributed by atoms with Crippen molar-refractivity contribution in [3.05, 3.63) is 0 Å². The highest BCUT2D eigenvalue weighted by Crippen LogP contribution is 2.17. The zero-order valence-corrected chi connectivity index (χ0v) is 6.29. The van der Waals surface area contributed by atoms with Crippen molar-refractivity contribution in [2.24, 2.45) is 0 Å². The maximum atomic E-state index is 10.6. The average molecular weight is 144 g/mol. The second-order valence-corrected chi connectivity index (χ2v) is 2.39. The van der Waals surface area contributed by atoms with Gasteiger partial charge in [-0.1, -0.05) is 0 Å². The van der Waals surface area contributed by atoms with Gasteiger partial charge in [0.25, 0.3) is 0 Å². The molecule has 0 radical (unpaired) electrons. The molecule has 58 valence electrons. The molecular formula is C7H12O3. The molecule has 0 N–H and O–H groups in total. The number of carbonyl (C=O) groups excluding carboxylic acids is 1. The third-order valence-electron chi connectivity index (χ3n) is 1.59. The summed E-state index contributed by atoms with van der Waals surface area (Å²) >= 11 is 0. The number of hydrogen-bond donors (Lipinski definition) is 0. The molecule has 2 atom stereocenters. The number of cyclic esters (lactones) is 1. The van der Waals surface area contributed by atoms with Crippen LogP contribution in [-0.4, -0.2) is 24.8 Å². The zero-order chi connectivity index (χ0) is 7.56. The van der Waals surface area contributed by atoms with Crippen LogP contribution < -0.4 is 0 Å². The van der Waals surface area contributed by atoms with E-state index in [1.54, 1.807) is 0 Å². The van der Waals surface area contributed by atoms with Crippen molar-refractivity contribution >= 4 is 5.97 Å². The van der Waals surface area contributed by atoms with Crippen LogP contribution >= 0.6 is 0 Å². The van der Waals surface area contributed by atoms with Crippen molar-refractivity contribution in [2.75, 3.05) is 6.61 Å². The molecule has 0 amide bonds. The number of rotatable bonds is 2. The molecule has 0 aromatic heterocycles. The molecule has 0 aromatic rings. The lowest BCUT2D eigenvalue weighted by atomic mass is 10.2. The standard InChI is InChI=1S/C7H12O3/c1-3-9-6-4-7(8)10-5(6)2/h5-6H,3-4H2,1-2H3. The van der Waals surface area contributed by atoms with E-state index in [9.17, 15) is 4.79 Å². The van der Waals surface area contributed by atoms with Gasteiger partial charge in [-0.05, 0) is 13.8 Å². The summed E-state index contributed by atoms with van der Waals surface area (Å²) in [6, 6.07) is 0. The first-order valence-electron chi connectivity index (χ1n) is 3.55. The minimum absolute atomic E-state index is 0.0162. The van der Waals surface area contributed by atoms with E-state index in [4.69, 9.17) is 9.47 Å². The normalized spacial score (nSPS) is 32.4. The van der Waals surface area contributed by atoms with Crippen molar-refractivity contribution in [3.63, 3.8) is 0 Å². The fraction of sp³-hybridized carbons (Fsp3) is 0.857. The Hall–Kier alpha value is -0.570. The molecule has 1 aliphatic heterocycles. The van der Waals surface area contributed by atoms with E-state index in [0.29, 0.717) is 13.0 Å². The molecule has 3 heteroatoms. The van der Waals surface area contributed by atoms with Gasteiger partial charge in [0.05, 0.1) is 6.42 Å². The van der Waals surface area contributed by atoms with Gasteiger partial charge in [0, 0.05) is 6.61 Å². The summed E-state index contributed by atoms with van der Waals surface area (Å²) in [5.74, 6) is -0.147. The van der Waals surface area contributed by atoms with Crippen molar-refractivity contribution in [2.45, 2.75) is 32.5 Å². The number of hydrogen-bond acceptors (Lipinski definition) is 3. The van der Waals surface area contributed by atoms with Crippen LogP contribution in [0.15, 0.2) is 0 Å². The highest BCUT2D eigenvalue weighted by molar-refractivity contribution is 5.72. The maximum absolute atomic E-state index is 10.6. The van der Waals surface area contributed by atoms with Gasteiger partial charge in [-0.2, -0.15) is 0 Å². The molecule has 0 spiro atoms. The summed E-state index contributed by atoms with van der Waals surface area (Å²) in [4.78, 5) is 10.6. The first-order valence-corrected chi connectivity index (χ1v) is 3.55. The van der Waals surface area contributed by atoms with Crippen LogP contribution in [0, 0.1) is 0 Å². The molecule has 0 bridgehead atoms. The molecule has 2 unspecified atom stereocenters. The van der Waals surface area contributed by atoms with E-state index < -0.39 is 0 Å². The van der Waals surface area contributed by atoms with Gasteiger partial charge in [-0.15, -0.1) is 0 Å². The molecule has 0 aliphatic carbocycles. The largest absolute Gasteiger partial charge is 0.460 e. The van der Waals surface area contributed by atoms with Gasteiger partial charge in [-0.3, -0.25) is 4.79 Å². The Kier molecular flexibility index (Phi) is 2.27. The van der Waals surface area contributed by atoms with Gasteiger partial charge in [0.1, 0.15) is 12.2 Å². The van der Waals surface area contributed by atoms with Gasteiger partial charge in [-0.25, -0.2) is 0 Å². The SMILES string of the molecule is CCOC1CC(=O)OC1C. The van der Waals surface area contributed by atoms with Crippen LogP contribution in [0.5, 0.6) is 0 Å². The van der Waals surface area contributed by atoms with Gasteiger partial charge >= 0.3 is 5.97 Å². The summed E-state index contributed by atoms with van der Waals surface area (Å²) in [6.07, 6.45) is 0.333. The number of esters is 1. The fourth-order valence-corrected chi connectivity index (χ4v) is 1.07. The molecule has 1 rings (SSSR count).